The SMILES string of the molecule is O=NN=C(N[N+](=O)[O-])N[N+](=O)[O-]. The van der Waals surface area contributed by atoms with Crippen LogP contribution in [0.25, 0.3) is 0 Å². The van der Waals surface area contributed by atoms with Gasteiger partial charge in [0.05, 0.1) is 5.29 Å². The molecular formula is CH2N6O5. The van der Waals surface area contributed by atoms with E-state index in [1.165, 1.54) is 10.9 Å². The third-order valence-corrected chi connectivity index (χ3v) is 0.535. The zero-order chi connectivity index (χ0) is 9.56. The van der Waals surface area contributed by atoms with Crippen LogP contribution in [0.5, 0.6) is 0 Å². The Kier molecular flexibility index (Phi) is 3.61. The molecule has 0 saturated carbocycles. The van der Waals surface area contributed by atoms with Crippen molar-refractivity contribution in [2.45, 2.75) is 0 Å². The molecule has 0 fully saturated rings. The van der Waals surface area contributed by atoms with Crippen molar-refractivity contribution in [3.05, 3.63) is 25.1 Å². The van der Waals surface area contributed by atoms with Crippen molar-refractivity contribution in [2.24, 2.45) is 10.4 Å². The molecule has 0 aliphatic carbocycles. The summed E-state index contributed by atoms with van der Waals surface area (Å²) < 4.78 is 0. The van der Waals surface area contributed by atoms with Crippen LogP contribution in [0.4, 0.5) is 0 Å². The lowest BCUT2D eigenvalue weighted by Gasteiger charge is -1.94. The van der Waals surface area contributed by atoms with Gasteiger partial charge >= 0.3 is 5.96 Å². The zero-order valence-corrected chi connectivity index (χ0v) is 5.33. The van der Waals surface area contributed by atoms with Crippen LogP contribution in [0.15, 0.2) is 10.4 Å². The number of nitro groups is 2. The Bertz CT molecular complexity index is 214. The average Bonchev–Trinajstić information content (AvgIpc) is 1.84. The number of guanidine groups is 1. The zero-order valence-electron chi connectivity index (χ0n) is 5.33. The Morgan fingerprint density at radius 3 is 1.83 bits per heavy atom. The van der Waals surface area contributed by atoms with Gasteiger partial charge in [-0.3, -0.25) is 0 Å². The molecular weight excluding hydrogens is 176 g/mol. The van der Waals surface area contributed by atoms with Crippen LogP contribution in [0.3, 0.4) is 0 Å². The van der Waals surface area contributed by atoms with Crippen LogP contribution in [-0.2, 0) is 0 Å². The maximum absolute atomic E-state index is 9.67. The van der Waals surface area contributed by atoms with Gasteiger partial charge in [0.15, 0.2) is 10.1 Å². The predicted molar refractivity (Wildman–Crippen MR) is 33.5 cm³/mol. The van der Waals surface area contributed by atoms with Gasteiger partial charge in [0, 0.05) is 0 Å². The van der Waals surface area contributed by atoms with Crippen LogP contribution in [-0.4, -0.2) is 16.0 Å². The summed E-state index contributed by atoms with van der Waals surface area (Å²) >= 11 is 0. The molecule has 11 nitrogen and oxygen atoms in total. The van der Waals surface area contributed by atoms with E-state index in [4.69, 9.17) is 0 Å². The highest BCUT2D eigenvalue weighted by atomic mass is 16.7. The number of hydrogen-bond donors (Lipinski definition) is 2. The second-order valence-electron chi connectivity index (χ2n) is 1.27. The molecule has 0 aromatic carbocycles. The van der Waals surface area contributed by atoms with E-state index < -0.39 is 16.0 Å². The van der Waals surface area contributed by atoms with Gasteiger partial charge < -0.3 is 0 Å². The van der Waals surface area contributed by atoms with E-state index in [1.807, 2.05) is 5.29 Å². The van der Waals surface area contributed by atoms with Gasteiger partial charge in [-0.1, -0.05) is 16.0 Å². The predicted octanol–water partition coefficient (Wildman–Crippen LogP) is -1.41. The number of hydrogen-bond acceptors (Lipinski definition) is 6. The molecule has 11 heteroatoms. The Hall–Kier alpha value is -2.33. The first-order valence-corrected chi connectivity index (χ1v) is 2.28. The Labute approximate surface area is 63.6 Å². The minimum absolute atomic E-state index is 0.972. The van der Waals surface area contributed by atoms with Gasteiger partial charge in [-0.2, -0.15) is 0 Å². The molecule has 0 rings (SSSR count). The smallest absolute Gasteiger partial charge is 0.234 e. The summed E-state index contributed by atoms with van der Waals surface area (Å²) in [5.41, 5.74) is 2.48. The quantitative estimate of drug-likeness (QED) is 0.177. The minimum atomic E-state index is -1.14. The van der Waals surface area contributed by atoms with Crippen molar-refractivity contribution in [3.63, 3.8) is 0 Å². The maximum Gasteiger partial charge on any atom is 0.340 e. The van der Waals surface area contributed by atoms with Crippen molar-refractivity contribution in [1.82, 2.24) is 10.9 Å². The molecule has 0 aliphatic heterocycles. The highest BCUT2D eigenvalue weighted by Gasteiger charge is 2.10. The molecule has 0 spiro atoms. The summed E-state index contributed by atoms with van der Waals surface area (Å²) in [6.07, 6.45) is 0. The average molecular weight is 178 g/mol. The minimum Gasteiger partial charge on any atom is -0.234 e. The highest BCUT2D eigenvalue weighted by Crippen LogP contribution is 1.72. The maximum atomic E-state index is 9.67. The van der Waals surface area contributed by atoms with Crippen LogP contribution >= 0.6 is 0 Å². The molecule has 0 saturated heterocycles. The normalized spacial score (nSPS) is 8.00. The molecule has 0 aromatic rings. The van der Waals surface area contributed by atoms with Crippen LogP contribution in [0.2, 0.25) is 0 Å². The second kappa shape index (κ2) is 4.48. The summed E-state index contributed by atoms with van der Waals surface area (Å²) in [4.78, 5) is 28.8. The van der Waals surface area contributed by atoms with Gasteiger partial charge in [0.25, 0.3) is 0 Å². The van der Waals surface area contributed by atoms with Crippen LogP contribution in [0, 0.1) is 25.1 Å². The van der Waals surface area contributed by atoms with Gasteiger partial charge in [0.2, 0.25) is 0 Å². The number of hydrazine groups is 2. The third kappa shape index (κ3) is 4.54. The van der Waals surface area contributed by atoms with E-state index in [0.29, 0.717) is 0 Å². The van der Waals surface area contributed by atoms with E-state index in [-0.39, 0.29) is 0 Å². The monoisotopic (exact) mass is 178 g/mol. The lowest BCUT2D eigenvalue weighted by atomic mass is 11.0. The summed E-state index contributed by atoms with van der Waals surface area (Å²) in [6.45, 7) is 0. The van der Waals surface area contributed by atoms with Gasteiger partial charge in [-0.05, 0) is 0 Å². The van der Waals surface area contributed by atoms with Crippen LogP contribution in [0.1, 0.15) is 0 Å². The van der Waals surface area contributed by atoms with E-state index in [0.717, 1.165) is 0 Å². The van der Waals surface area contributed by atoms with Crippen molar-refractivity contribution < 1.29 is 10.1 Å². The van der Waals surface area contributed by atoms with Crippen molar-refractivity contribution in [1.29, 1.82) is 0 Å². The fourth-order valence-corrected chi connectivity index (χ4v) is 0.283. The highest BCUT2D eigenvalue weighted by molar-refractivity contribution is 5.76. The molecule has 2 N–H and O–H groups in total. The Balaban J connectivity index is 4.23. The number of nitrogens with zero attached hydrogens (tertiary/aromatic N) is 4. The molecule has 12 heavy (non-hydrogen) atoms. The van der Waals surface area contributed by atoms with Gasteiger partial charge in [0.1, 0.15) is 0 Å². The molecule has 0 heterocycles. The van der Waals surface area contributed by atoms with Gasteiger partial charge in [-0.15, -0.1) is 4.91 Å². The molecule has 0 bridgehead atoms. The molecule has 66 valence electrons. The van der Waals surface area contributed by atoms with E-state index >= 15 is 0 Å². The second-order valence-corrected chi connectivity index (χ2v) is 1.27. The first-order valence-electron chi connectivity index (χ1n) is 2.28. The van der Waals surface area contributed by atoms with Crippen molar-refractivity contribution in [3.8, 4) is 0 Å². The van der Waals surface area contributed by atoms with E-state index in [2.05, 4.69) is 5.10 Å². The van der Waals surface area contributed by atoms with Crippen molar-refractivity contribution >= 4 is 5.96 Å². The van der Waals surface area contributed by atoms with Crippen LogP contribution < -0.4 is 10.9 Å². The largest absolute Gasteiger partial charge is 0.340 e. The number of nitrogens with one attached hydrogen (secondary N) is 2. The molecule has 0 aliphatic rings. The summed E-state index contributed by atoms with van der Waals surface area (Å²) in [7, 11) is 0. The van der Waals surface area contributed by atoms with E-state index in [9.17, 15) is 25.1 Å². The van der Waals surface area contributed by atoms with Crippen molar-refractivity contribution in [2.75, 3.05) is 0 Å². The molecule has 0 unspecified atom stereocenters. The molecule has 0 aromatic heterocycles. The fraction of sp³-hybridized carbons (Fsp3) is 0. The molecule has 0 amide bonds. The Morgan fingerprint density at radius 1 is 1.17 bits per heavy atom. The number of rotatable bonds is 3. The topological polar surface area (TPSA) is 152 Å². The van der Waals surface area contributed by atoms with E-state index in [1.54, 1.807) is 0 Å². The summed E-state index contributed by atoms with van der Waals surface area (Å²) in [5.74, 6) is -0.972. The lowest BCUT2D eigenvalue weighted by Crippen LogP contribution is -2.43. The standard InChI is InChI=1S/CH2N6O5/c8-5-2-1(3-6(9)10)4-7(11)12/h(H2,2,3,4,8). The number of nitroso groups, excluding NO2 is 1. The Morgan fingerprint density at radius 2 is 1.58 bits per heavy atom. The summed E-state index contributed by atoms with van der Waals surface area (Å²) in [6, 6.07) is 0. The fourth-order valence-electron chi connectivity index (χ4n) is 0.283. The molecule has 0 atom stereocenters. The first kappa shape index (κ1) is 9.67. The molecule has 0 radical (unpaired) electrons. The van der Waals surface area contributed by atoms with Gasteiger partial charge in [-0.25, -0.2) is 20.2 Å². The first-order chi connectivity index (χ1) is 5.56. The third-order valence-electron chi connectivity index (χ3n) is 0.535. The summed E-state index contributed by atoms with van der Waals surface area (Å²) in [5, 5.41) is 21.4. The lowest BCUT2D eigenvalue weighted by molar-refractivity contribution is -0.548.